The first-order valence-electron chi connectivity index (χ1n) is 8.32. The molecule has 1 rings (SSSR count). The number of ether oxygens (including phenoxy) is 1. The van der Waals surface area contributed by atoms with Crippen molar-refractivity contribution in [3.05, 3.63) is 52.8 Å². The van der Waals surface area contributed by atoms with E-state index in [2.05, 4.69) is 5.32 Å². The Morgan fingerprint density at radius 1 is 1.32 bits per heavy atom. The quantitative estimate of drug-likeness (QED) is 0.547. The van der Waals surface area contributed by atoms with Crippen LogP contribution in [-0.4, -0.2) is 28.0 Å². The van der Waals surface area contributed by atoms with Crippen molar-refractivity contribution in [2.45, 2.75) is 59.8 Å². The highest BCUT2D eigenvalue weighted by Crippen LogP contribution is 2.23. The number of carbonyl (C=O) groups excluding carboxylic acids is 1. The van der Waals surface area contributed by atoms with E-state index in [4.69, 9.17) is 4.74 Å². The van der Waals surface area contributed by atoms with Gasteiger partial charge in [-0.25, -0.2) is 4.79 Å². The van der Waals surface area contributed by atoms with E-state index in [1.807, 2.05) is 52.0 Å². The van der Waals surface area contributed by atoms with E-state index in [0.29, 0.717) is 12.1 Å². The fraction of sp³-hybridized carbons (Fsp3) is 0.450. The lowest BCUT2D eigenvalue weighted by molar-refractivity contribution is 0.0523. The van der Waals surface area contributed by atoms with Crippen LogP contribution in [0, 0.1) is 0 Å². The Hall–Kier alpha value is -2.27. The Morgan fingerprint density at radius 3 is 2.48 bits per heavy atom. The molecule has 0 saturated carbocycles. The first-order valence-corrected chi connectivity index (χ1v) is 8.32. The third kappa shape index (κ3) is 7.44. The Bertz CT molecular complexity index is 663. The van der Waals surface area contributed by atoms with E-state index in [1.165, 1.54) is 0 Å². The largest absolute Gasteiger partial charge is 0.512 e. The van der Waals surface area contributed by atoms with Crippen LogP contribution < -0.4 is 5.32 Å². The Kier molecular flexibility index (Phi) is 7.24. The molecule has 1 atom stereocenters. The van der Waals surface area contributed by atoms with Crippen LogP contribution in [-0.2, 0) is 11.3 Å². The molecule has 5 heteroatoms. The summed E-state index contributed by atoms with van der Waals surface area (Å²) in [5.41, 5.74) is 2.53. The van der Waals surface area contributed by atoms with Crippen LogP contribution in [0.1, 0.15) is 52.7 Å². The zero-order valence-corrected chi connectivity index (χ0v) is 15.9. The number of aliphatic hydroxyl groups excluding tert-OH is 2. The Labute approximate surface area is 150 Å². The molecule has 3 N–H and O–H groups in total. The molecule has 0 heterocycles. The maximum Gasteiger partial charge on any atom is 0.407 e. The minimum Gasteiger partial charge on any atom is -0.512 e. The van der Waals surface area contributed by atoms with Crippen molar-refractivity contribution in [3.63, 3.8) is 0 Å². The SMILES string of the molecule is C/C(O)=C(\C=C(/C)[C@@H](C)O)c1cccc(CNC(=O)OC(C)(C)C)c1. The molecule has 0 aliphatic heterocycles. The molecule has 0 saturated heterocycles. The van der Waals surface area contributed by atoms with Crippen molar-refractivity contribution in [1.29, 1.82) is 0 Å². The van der Waals surface area contributed by atoms with Gasteiger partial charge >= 0.3 is 6.09 Å². The zero-order chi connectivity index (χ0) is 19.2. The van der Waals surface area contributed by atoms with Crippen LogP contribution in [0.15, 0.2) is 41.7 Å². The Morgan fingerprint density at radius 2 is 1.96 bits per heavy atom. The summed E-state index contributed by atoms with van der Waals surface area (Å²) < 4.78 is 5.22. The number of allylic oxidation sites excluding steroid dienone is 3. The first-order chi connectivity index (χ1) is 11.5. The smallest absolute Gasteiger partial charge is 0.407 e. The molecule has 1 aromatic carbocycles. The van der Waals surface area contributed by atoms with E-state index < -0.39 is 17.8 Å². The van der Waals surface area contributed by atoms with Crippen LogP contribution in [0.25, 0.3) is 5.57 Å². The van der Waals surface area contributed by atoms with Crippen LogP contribution >= 0.6 is 0 Å². The summed E-state index contributed by atoms with van der Waals surface area (Å²) in [4.78, 5) is 11.8. The average Bonchev–Trinajstić information content (AvgIpc) is 2.48. The summed E-state index contributed by atoms with van der Waals surface area (Å²) in [7, 11) is 0. The lowest BCUT2D eigenvalue weighted by Crippen LogP contribution is -2.32. The van der Waals surface area contributed by atoms with Gasteiger partial charge in [0.25, 0.3) is 0 Å². The maximum absolute atomic E-state index is 11.8. The van der Waals surface area contributed by atoms with Gasteiger partial charge in [-0.15, -0.1) is 0 Å². The minimum absolute atomic E-state index is 0.164. The molecule has 0 aromatic heterocycles. The summed E-state index contributed by atoms with van der Waals surface area (Å²) >= 11 is 0. The second-order valence-electron chi connectivity index (χ2n) is 7.12. The van der Waals surface area contributed by atoms with Gasteiger partial charge in [-0.2, -0.15) is 0 Å². The highest BCUT2D eigenvalue weighted by atomic mass is 16.6. The minimum atomic E-state index is -0.591. The van der Waals surface area contributed by atoms with E-state index in [-0.39, 0.29) is 5.76 Å². The van der Waals surface area contributed by atoms with Gasteiger partial charge < -0.3 is 20.3 Å². The molecule has 0 aliphatic rings. The molecule has 0 fully saturated rings. The number of carbonyl (C=O) groups is 1. The molecular formula is C20H29NO4. The molecular weight excluding hydrogens is 318 g/mol. The van der Waals surface area contributed by atoms with Crippen molar-refractivity contribution in [2.24, 2.45) is 0 Å². The highest BCUT2D eigenvalue weighted by Gasteiger charge is 2.15. The van der Waals surface area contributed by atoms with Gasteiger partial charge in [0.1, 0.15) is 5.60 Å². The number of alkyl carbamates (subject to hydrolysis) is 1. The van der Waals surface area contributed by atoms with E-state index >= 15 is 0 Å². The van der Waals surface area contributed by atoms with Crippen molar-refractivity contribution in [1.82, 2.24) is 5.32 Å². The molecule has 1 amide bonds. The van der Waals surface area contributed by atoms with Gasteiger partial charge in [0.2, 0.25) is 0 Å². The molecule has 0 bridgehead atoms. The van der Waals surface area contributed by atoms with Crippen molar-refractivity contribution < 1.29 is 19.7 Å². The fourth-order valence-electron chi connectivity index (χ4n) is 2.08. The fourth-order valence-corrected chi connectivity index (χ4v) is 2.08. The number of hydrogen-bond acceptors (Lipinski definition) is 4. The van der Waals surface area contributed by atoms with Crippen LogP contribution in [0.4, 0.5) is 4.79 Å². The molecule has 0 radical (unpaired) electrons. The normalized spacial score (nSPS) is 14.6. The zero-order valence-electron chi connectivity index (χ0n) is 15.9. The topological polar surface area (TPSA) is 78.8 Å². The van der Waals surface area contributed by atoms with Gasteiger partial charge in [-0.05, 0) is 70.4 Å². The number of nitrogens with one attached hydrogen (secondary N) is 1. The third-order valence-corrected chi connectivity index (χ3v) is 3.49. The third-order valence-electron chi connectivity index (χ3n) is 3.49. The number of amides is 1. The second-order valence-corrected chi connectivity index (χ2v) is 7.12. The van der Waals surface area contributed by atoms with Gasteiger partial charge in [0.05, 0.1) is 11.9 Å². The lowest BCUT2D eigenvalue weighted by Gasteiger charge is -2.19. The second kappa shape index (κ2) is 8.72. The van der Waals surface area contributed by atoms with Crippen molar-refractivity contribution in [2.75, 3.05) is 0 Å². The first kappa shape index (κ1) is 20.8. The van der Waals surface area contributed by atoms with E-state index in [1.54, 1.807) is 19.9 Å². The molecule has 0 aliphatic carbocycles. The van der Waals surface area contributed by atoms with Crippen molar-refractivity contribution in [3.8, 4) is 0 Å². The number of hydrogen-bond donors (Lipinski definition) is 3. The molecule has 0 spiro atoms. The molecule has 1 aromatic rings. The van der Waals surface area contributed by atoms with Crippen molar-refractivity contribution >= 4 is 11.7 Å². The van der Waals surface area contributed by atoms with E-state index in [9.17, 15) is 15.0 Å². The predicted octanol–water partition coefficient (Wildman–Crippen LogP) is 4.33. The molecule has 138 valence electrons. The lowest BCUT2D eigenvalue weighted by atomic mass is 9.99. The van der Waals surface area contributed by atoms with E-state index in [0.717, 1.165) is 16.7 Å². The summed E-state index contributed by atoms with van der Waals surface area (Å²) in [6, 6.07) is 7.50. The van der Waals surface area contributed by atoms with Gasteiger partial charge in [0, 0.05) is 12.1 Å². The summed E-state index contributed by atoms with van der Waals surface area (Å²) in [5, 5.41) is 22.4. The summed E-state index contributed by atoms with van der Waals surface area (Å²) in [6.07, 6.45) is 0.698. The van der Waals surface area contributed by atoms with Gasteiger partial charge in [-0.3, -0.25) is 0 Å². The standard InChI is InChI=1S/C20H29NO4/c1-13(14(2)22)10-18(15(3)23)17-9-7-8-16(11-17)12-21-19(24)25-20(4,5)6/h7-11,14,22-23H,12H2,1-6H3,(H,21,24)/b13-10+,18-15-/t14-/m1/s1. The molecule has 25 heavy (non-hydrogen) atoms. The monoisotopic (exact) mass is 347 g/mol. The molecule has 0 unspecified atom stereocenters. The molecule has 5 nitrogen and oxygen atoms in total. The maximum atomic E-state index is 11.8. The van der Waals surface area contributed by atoms with Gasteiger partial charge in [-0.1, -0.05) is 18.2 Å². The van der Waals surface area contributed by atoms with Gasteiger partial charge in [0.15, 0.2) is 0 Å². The summed E-state index contributed by atoms with van der Waals surface area (Å²) in [5.74, 6) is 0.164. The Balaban J connectivity index is 2.95. The average molecular weight is 347 g/mol. The summed E-state index contributed by atoms with van der Waals surface area (Å²) in [6.45, 7) is 10.8. The number of rotatable bonds is 5. The van der Waals surface area contributed by atoms with Crippen LogP contribution in [0.3, 0.4) is 0 Å². The van der Waals surface area contributed by atoms with Crippen LogP contribution in [0.2, 0.25) is 0 Å². The number of benzene rings is 1. The van der Waals surface area contributed by atoms with Crippen LogP contribution in [0.5, 0.6) is 0 Å². The number of aliphatic hydroxyl groups is 2. The predicted molar refractivity (Wildman–Crippen MR) is 100 cm³/mol. The highest BCUT2D eigenvalue weighted by molar-refractivity contribution is 5.76.